The lowest BCUT2D eigenvalue weighted by atomic mass is 9.85. The van der Waals surface area contributed by atoms with Gasteiger partial charge < -0.3 is 0 Å². The first-order valence-corrected chi connectivity index (χ1v) is 18.8. The van der Waals surface area contributed by atoms with E-state index in [4.69, 9.17) is 0 Å². The number of hydrogen-bond acceptors (Lipinski definition) is 0. The van der Waals surface area contributed by atoms with Crippen molar-refractivity contribution in [3.8, 4) is 33.4 Å². The number of hydrogen-bond donors (Lipinski definition) is 0. The molecular formula is C54H32. The lowest BCUT2D eigenvalue weighted by Gasteiger charge is -2.19. The highest BCUT2D eigenvalue weighted by molar-refractivity contribution is 6.34. The molecule has 0 atom stereocenters. The molecule has 12 aromatic carbocycles. The van der Waals surface area contributed by atoms with Gasteiger partial charge in [0, 0.05) is 0 Å². The number of fused-ring (bicyclic) bond motifs is 5. The molecule has 0 radical (unpaired) electrons. The summed E-state index contributed by atoms with van der Waals surface area (Å²) in [6.45, 7) is 0. The second-order valence-corrected chi connectivity index (χ2v) is 14.8. The van der Waals surface area contributed by atoms with Crippen molar-refractivity contribution in [2.75, 3.05) is 0 Å². The first-order valence-electron chi connectivity index (χ1n) is 18.8. The van der Waals surface area contributed by atoms with Crippen molar-refractivity contribution >= 4 is 86.2 Å². The lowest BCUT2D eigenvalue weighted by Crippen LogP contribution is -1.91. The topological polar surface area (TPSA) is 0 Å². The van der Waals surface area contributed by atoms with E-state index in [0.29, 0.717) is 0 Å². The van der Waals surface area contributed by atoms with Gasteiger partial charge in [0.05, 0.1) is 0 Å². The van der Waals surface area contributed by atoms with Gasteiger partial charge in [-0.2, -0.15) is 0 Å². The van der Waals surface area contributed by atoms with E-state index in [1.54, 1.807) is 0 Å². The molecule has 0 heterocycles. The summed E-state index contributed by atoms with van der Waals surface area (Å²) < 4.78 is 0. The predicted molar refractivity (Wildman–Crippen MR) is 234 cm³/mol. The molecule has 12 rings (SSSR count). The van der Waals surface area contributed by atoms with Crippen LogP contribution in [0.1, 0.15) is 0 Å². The van der Waals surface area contributed by atoms with Crippen LogP contribution in [0.5, 0.6) is 0 Å². The highest BCUT2D eigenvalue weighted by Crippen LogP contribution is 2.46. The minimum atomic E-state index is 1.21. The van der Waals surface area contributed by atoms with Crippen molar-refractivity contribution in [3.63, 3.8) is 0 Å². The molecule has 0 heteroatoms. The molecule has 0 spiro atoms. The molecule has 248 valence electrons. The normalized spacial score (nSPS) is 12.1. The van der Waals surface area contributed by atoms with E-state index >= 15 is 0 Å². The summed E-state index contributed by atoms with van der Waals surface area (Å²) in [5.41, 5.74) is 7.38. The second kappa shape index (κ2) is 11.2. The third-order valence-electron chi connectivity index (χ3n) is 11.9. The largest absolute Gasteiger partial charge is 0.0622 e. The van der Waals surface area contributed by atoms with E-state index in [1.165, 1.54) is 120 Å². The Labute approximate surface area is 312 Å². The smallest absolute Gasteiger partial charge is 0.00141 e. The van der Waals surface area contributed by atoms with Crippen LogP contribution in [0.4, 0.5) is 0 Å². The van der Waals surface area contributed by atoms with Gasteiger partial charge in [-0.05, 0) is 144 Å². The molecule has 0 saturated heterocycles. The SMILES string of the molecule is c1ccc(-c2cc(-c3ccc4ccc5cccc6ccc3c4c56)cc(-c3cc4cccc5c6ccccc6c6ccccc6c6cccc3c6c45)c2)cc1. The molecule has 0 bridgehead atoms. The van der Waals surface area contributed by atoms with Crippen molar-refractivity contribution in [1.29, 1.82) is 0 Å². The van der Waals surface area contributed by atoms with Crippen LogP contribution in [-0.2, 0) is 0 Å². The summed E-state index contributed by atoms with van der Waals surface area (Å²) in [5, 5.41) is 20.7. The van der Waals surface area contributed by atoms with E-state index in [2.05, 4.69) is 194 Å². The Kier molecular flexibility index (Phi) is 6.15. The molecule has 0 aliphatic carbocycles. The number of rotatable bonds is 3. The summed E-state index contributed by atoms with van der Waals surface area (Å²) in [5.74, 6) is 0. The maximum absolute atomic E-state index is 2.44. The fraction of sp³-hybridized carbons (Fsp3) is 0. The first-order chi connectivity index (χ1) is 26.8. The minimum Gasteiger partial charge on any atom is -0.0622 e. The zero-order chi connectivity index (χ0) is 35.3. The monoisotopic (exact) mass is 680 g/mol. The van der Waals surface area contributed by atoms with Crippen LogP contribution in [0.3, 0.4) is 0 Å². The molecule has 0 saturated carbocycles. The van der Waals surface area contributed by atoms with Gasteiger partial charge in [0.25, 0.3) is 0 Å². The highest BCUT2D eigenvalue weighted by Gasteiger charge is 2.18. The molecule has 0 aliphatic heterocycles. The Hall–Kier alpha value is -7.02. The van der Waals surface area contributed by atoms with Crippen molar-refractivity contribution < 1.29 is 0 Å². The molecule has 0 aliphatic rings. The van der Waals surface area contributed by atoms with Gasteiger partial charge in [-0.1, -0.05) is 170 Å². The molecule has 54 heavy (non-hydrogen) atoms. The average Bonchev–Trinajstić information content (AvgIpc) is 3.24. The van der Waals surface area contributed by atoms with Gasteiger partial charge in [-0.25, -0.2) is 0 Å². The van der Waals surface area contributed by atoms with Crippen molar-refractivity contribution in [2.45, 2.75) is 0 Å². The van der Waals surface area contributed by atoms with Gasteiger partial charge >= 0.3 is 0 Å². The Morgan fingerprint density at radius 1 is 0.185 bits per heavy atom. The third-order valence-corrected chi connectivity index (χ3v) is 11.9. The van der Waals surface area contributed by atoms with E-state index in [-0.39, 0.29) is 0 Å². The standard InChI is InChI=1S/C54H32/c1-2-11-33(12-3-1)38-29-39(41-27-25-36-24-23-34-13-8-14-35-26-28-49(41)52(36)51(34)35)31-40(30-38)50-32-37-15-9-20-46-44-18-6-4-16-42(44)43-17-5-7-19-45(43)47-21-10-22-48(50)54(47)53(37)46/h1-32H. The molecule has 0 fully saturated rings. The summed E-state index contributed by atoms with van der Waals surface area (Å²) in [6.07, 6.45) is 0. The first kappa shape index (κ1) is 29.5. The van der Waals surface area contributed by atoms with Gasteiger partial charge in [0.1, 0.15) is 0 Å². The fourth-order valence-electron chi connectivity index (χ4n) is 9.57. The summed E-state index contributed by atoms with van der Waals surface area (Å²) in [7, 11) is 0. The summed E-state index contributed by atoms with van der Waals surface area (Å²) >= 11 is 0. The maximum Gasteiger partial charge on any atom is -0.00141 e. The van der Waals surface area contributed by atoms with Crippen LogP contribution < -0.4 is 0 Å². The van der Waals surface area contributed by atoms with E-state index < -0.39 is 0 Å². The number of benzene rings is 11. The van der Waals surface area contributed by atoms with Crippen LogP contribution in [0, 0.1) is 0 Å². The van der Waals surface area contributed by atoms with Crippen LogP contribution in [0.2, 0.25) is 0 Å². The maximum atomic E-state index is 2.44. The molecule has 0 N–H and O–H groups in total. The van der Waals surface area contributed by atoms with E-state index in [9.17, 15) is 0 Å². The molecule has 0 nitrogen and oxygen atoms in total. The molecule has 0 aromatic heterocycles. The van der Waals surface area contributed by atoms with Gasteiger partial charge in [-0.15, -0.1) is 0 Å². The Balaban J connectivity index is 1.22. The van der Waals surface area contributed by atoms with Gasteiger partial charge in [-0.3, -0.25) is 0 Å². The molecule has 12 aromatic rings. The van der Waals surface area contributed by atoms with Crippen molar-refractivity contribution in [2.24, 2.45) is 0 Å². The second-order valence-electron chi connectivity index (χ2n) is 14.8. The Morgan fingerprint density at radius 3 is 1.35 bits per heavy atom. The van der Waals surface area contributed by atoms with Crippen LogP contribution in [0.15, 0.2) is 194 Å². The molecular weight excluding hydrogens is 649 g/mol. The van der Waals surface area contributed by atoms with Crippen LogP contribution in [0.25, 0.3) is 120 Å². The van der Waals surface area contributed by atoms with E-state index in [1.807, 2.05) is 0 Å². The van der Waals surface area contributed by atoms with Crippen LogP contribution >= 0.6 is 0 Å². The van der Waals surface area contributed by atoms with Crippen molar-refractivity contribution in [3.05, 3.63) is 194 Å². The Morgan fingerprint density at radius 2 is 0.630 bits per heavy atom. The Bertz CT molecular complexity index is 3460. The predicted octanol–water partition coefficient (Wildman–Crippen LogP) is 15.4. The van der Waals surface area contributed by atoms with Crippen LogP contribution in [-0.4, -0.2) is 0 Å². The van der Waals surface area contributed by atoms with E-state index in [0.717, 1.165) is 0 Å². The van der Waals surface area contributed by atoms with Crippen molar-refractivity contribution in [1.82, 2.24) is 0 Å². The lowest BCUT2D eigenvalue weighted by molar-refractivity contribution is 1.60. The summed E-state index contributed by atoms with van der Waals surface area (Å²) in [4.78, 5) is 0. The zero-order valence-corrected chi connectivity index (χ0v) is 29.5. The minimum absolute atomic E-state index is 1.21. The highest BCUT2D eigenvalue weighted by atomic mass is 14.2. The molecule has 0 unspecified atom stereocenters. The quantitative estimate of drug-likeness (QED) is 0.163. The zero-order valence-electron chi connectivity index (χ0n) is 29.5. The fourth-order valence-corrected chi connectivity index (χ4v) is 9.57. The van der Waals surface area contributed by atoms with Gasteiger partial charge in [0.15, 0.2) is 0 Å². The van der Waals surface area contributed by atoms with Gasteiger partial charge in [0.2, 0.25) is 0 Å². The third kappa shape index (κ3) is 4.20. The average molecular weight is 681 g/mol. The summed E-state index contributed by atoms with van der Waals surface area (Å²) in [6, 6.07) is 72.6. The molecule has 0 amide bonds.